The van der Waals surface area contributed by atoms with E-state index in [2.05, 4.69) is 31.9 Å². The monoisotopic (exact) mass is 268 g/mol. The number of hydrogen-bond donors (Lipinski definition) is 2. The summed E-state index contributed by atoms with van der Waals surface area (Å²) >= 11 is 6.72. The fraction of sp³-hybridized carbons (Fsp3) is 0.250. The van der Waals surface area contributed by atoms with Crippen molar-refractivity contribution in [1.82, 2.24) is 0 Å². The minimum Gasteiger partial charge on any atom is -0.432 e. The van der Waals surface area contributed by atoms with Crippen molar-refractivity contribution in [3.8, 4) is 0 Å². The summed E-state index contributed by atoms with van der Waals surface area (Å²) in [5, 5.41) is 5.75. The Labute approximate surface area is 71.9 Å². The second kappa shape index (κ2) is 2.55. The maximum atomic E-state index is 5.75. The fourth-order valence-corrected chi connectivity index (χ4v) is 4.39. The molecule has 0 aliphatic carbocycles. The molecule has 0 saturated carbocycles. The van der Waals surface area contributed by atoms with Gasteiger partial charge in [0.15, 0.2) is 8.57 Å². The first-order valence-corrected chi connectivity index (χ1v) is 5.76. The summed E-state index contributed by atoms with van der Waals surface area (Å²) in [6.07, 6.45) is 1.93. The minimum absolute atomic E-state index is 0.289. The predicted molar refractivity (Wildman–Crippen MR) is 48.9 cm³/mol. The smallest absolute Gasteiger partial charge is 0.156 e. The molecule has 1 heterocycles. The van der Waals surface area contributed by atoms with E-state index in [-0.39, 0.29) is 4.45 Å². The van der Waals surface area contributed by atoms with Gasteiger partial charge in [0.1, 0.15) is 0 Å². The molecule has 1 aliphatic heterocycles. The molecule has 1 unspecified atom stereocenters. The van der Waals surface area contributed by atoms with Gasteiger partial charge in [-0.15, -0.1) is 0 Å². The topological polar surface area (TPSA) is 52.0 Å². The summed E-state index contributed by atoms with van der Waals surface area (Å²) in [6, 6.07) is 0. The first-order chi connectivity index (χ1) is 4.13. The van der Waals surface area contributed by atoms with Crippen molar-refractivity contribution in [2.75, 3.05) is 0 Å². The Bertz CT molecular complexity index is 199. The minimum atomic E-state index is -0.929. The lowest BCUT2D eigenvalue weighted by atomic mass is 10.5. The molecule has 0 aromatic heterocycles. The van der Waals surface area contributed by atoms with Crippen LogP contribution < -0.4 is 11.1 Å². The van der Waals surface area contributed by atoms with Gasteiger partial charge in [-0.25, -0.2) is 0 Å². The van der Waals surface area contributed by atoms with Crippen LogP contribution in [0.1, 0.15) is 0 Å². The Balaban J connectivity index is 2.97. The summed E-state index contributed by atoms with van der Waals surface area (Å²) in [5.41, 5.74) is 6.34. The van der Waals surface area contributed by atoms with Crippen LogP contribution in [0.25, 0.3) is 0 Å². The third kappa shape index (κ3) is 1.27. The zero-order chi connectivity index (χ0) is 7.02. The zero-order valence-electron chi connectivity index (χ0n) is 4.57. The molecule has 0 saturated heterocycles. The second-order valence-corrected chi connectivity index (χ2v) is 7.18. The first kappa shape index (κ1) is 7.49. The van der Waals surface area contributed by atoms with Gasteiger partial charge in [-0.2, -0.15) is 0 Å². The molecule has 0 aromatic rings. The van der Waals surface area contributed by atoms with Crippen LogP contribution in [-0.4, -0.2) is 17.1 Å². The summed E-state index contributed by atoms with van der Waals surface area (Å²) in [7, 11) is -0.929. The van der Waals surface area contributed by atoms with Gasteiger partial charge in [0, 0.05) is 9.78 Å². The van der Waals surface area contributed by atoms with Gasteiger partial charge in [0.2, 0.25) is 0 Å². The molecular weight excluding hydrogens is 264 g/mol. The Morgan fingerprint density at radius 1 is 1.67 bits per heavy atom. The van der Waals surface area contributed by atoms with Gasteiger partial charge in [-0.1, -0.05) is 31.9 Å². The Hall–Kier alpha value is 0.387. The van der Waals surface area contributed by atoms with Crippen LogP contribution in [0.4, 0.5) is 0 Å². The van der Waals surface area contributed by atoms with Crippen LogP contribution in [-0.2, 0) is 0 Å². The number of halogens is 2. The van der Waals surface area contributed by atoms with E-state index in [1.165, 1.54) is 0 Å². The predicted octanol–water partition coefficient (Wildman–Crippen LogP) is 0.202. The van der Waals surface area contributed by atoms with E-state index in [4.69, 9.17) is 11.1 Å². The molecule has 0 spiro atoms. The van der Waals surface area contributed by atoms with Crippen molar-refractivity contribution in [2.45, 2.75) is 4.45 Å². The van der Waals surface area contributed by atoms with Gasteiger partial charge in [-0.05, 0) is 6.08 Å². The molecular formula is C4H6Br2N2Si. The fourth-order valence-electron chi connectivity index (χ4n) is 0.608. The number of nitrogens with two attached hydrogens (primary N) is 2. The van der Waals surface area contributed by atoms with Crippen LogP contribution in [0.3, 0.4) is 0 Å². The van der Waals surface area contributed by atoms with E-state index in [0.29, 0.717) is 0 Å². The lowest BCUT2D eigenvalue weighted by Gasteiger charge is -1.94. The van der Waals surface area contributed by atoms with Gasteiger partial charge >= 0.3 is 0 Å². The lowest BCUT2D eigenvalue weighted by molar-refractivity contribution is 1.46. The van der Waals surface area contributed by atoms with Crippen molar-refractivity contribution < 1.29 is 0 Å². The third-order valence-corrected chi connectivity index (χ3v) is 6.26. The average molecular weight is 270 g/mol. The average Bonchev–Trinajstić information content (AvgIpc) is 1.98. The molecule has 0 bridgehead atoms. The van der Waals surface area contributed by atoms with Gasteiger partial charge < -0.3 is 11.1 Å². The quantitative estimate of drug-likeness (QED) is 0.488. The van der Waals surface area contributed by atoms with Gasteiger partial charge in [0.25, 0.3) is 0 Å². The van der Waals surface area contributed by atoms with Crippen LogP contribution in [0, 0.1) is 0 Å². The van der Waals surface area contributed by atoms with E-state index in [1.54, 1.807) is 0 Å². The lowest BCUT2D eigenvalue weighted by Crippen LogP contribution is -2.27. The number of hydrogen-bond acceptors (Lipinski definition) is 2. The normalized spacial score (nSPS) is 26.9. The van der Waals surface area contributed by atoms with Crippen LogP contribution in [0.2, 0.25) is 0 Å². The van der Waals surface area contributed by atoms with E-state index in [1.807, 2.05) is 6.08 Å². The van der Waals surface area contributed by atoms with Gasteiger partial charge in [0.05, 0.1) is 4.45 Å². The first-order valence-electron chi connectivity index (χ1n) is 2.40. The number of allylic oxidation sites excluding steroid dienone is 2. The highest BCUT2D eigenvalue weighted by molar-refractivity contribution is 9.19. The highest BCUT2D eigenvalue weighted by Gasteiger charge is 2.19. The van der Waals surface area contributed by atoms with E-state index < -0.39 is 8.57 Å². The summed E-state index contributed by atoms with van der Waals surface area (Å²) in [4.78, 5) is 0. The van der Waals surface area contributed by atoms with Crippen molar-refractivity contribution in [2.24, 2.45) is 11.1 Å². The standard InChI is InChI=1S/C4H6Br2N2Si/c5-3-1-2(7)4(6)9(3)8/h1,3H,7-8H2. The molecule has 50 valence electrons. The molecule has 2 nitrogen and oxygen atoms in total. The molecule has 0 amide bonds. The van der Waals surface area contributed by atoms with Crippen LogP contribution in [0.15, 0.2) is 11.8 Å². The highest BCUT2D eigenvalue weighted by atomic mass is 79.9. The van der Waals surface area contributed by atoms with Crippen molar-refractivity contribution in [3.05, 3.63) is 11.8 Å². The Kier molecular flexibility index (Phi) is 2.13. The SMILES string of the molecule is NC1=CC(Br)[Si](N)=C1Br. The Morgan fingerprint density at radius 3 is 2.33 bits per heavy atom. The van der Waals surface area contributed by atoms with Crippen molar-refractivity contribution >= 4 is 44.5 Å². The van der Waals surface area contributed by atoms with E-state index in [0.717, 1.165) is 9.78 Å². The van der Waals surface area contributed by atoms with Crippen LogP contribution in [0.5, 0.6) is 0 Å². The van der Waals surface area contributed by atoms with Crippen LogP contribution >= 0.6 is 31.9 Å². The third-order valence-electron chi connectivity index (χ3n) is 1.13. The zero-order valence-corrected chi connectivity index (χ0v) is 8.74. The van der Waals surface area contributed by atoms with Crippen molar-refractivity contribution in [1.29, 1.82) is 0 Å². The van der Waals surface area contributed by atoms with Gasteiger partial charge in [-0.3, -0.25) is 0 Å². The van der Waals surface area contributed by atoms with E-state index >= 15 is 0 Å². The molecule has 1 aliphatic rings. The summed E-state index contributed by atoms with van der Waals surface area (Å²) in [5.74, 6) is 0. The highest BCUT2D eigenvalue weighted by Crippen LogP contribution is 2.13. The number of rotatable bonds is 0. The molecule has 5 heteroatoms. The summed E-state index contributed by atoms with van der Waals surface area (Å²) in [6.45, 7) is 0. The summed E-state index contributed by atoms with van der Waals surface area (Å²) < 4.78 is 1.28. The van der Waals surface area contributed by atoms with E-state index in [9.17, 15) is 0 Å². The molecule has 0 aromatic carbocycles. The molecule has 1 rings (SSSR count). The molecule has 1 atom stereocenters. The molecule has 0 fully saturated rings. The largest absolute Gasteiger partial charge is 0.432 e. The molecule has 4 N–H and O–H groups in total. The second-order valence-electron chi connectivity index (χ2n) is 1.79. The molecule has 0 radical (unpaired) electrons. The maximum absolute atomic E-state index is 5.75. The maximum Gasteiger partial charge on any atom is 0.156 e. The number of alkyl halides is 1. The molecule has 9 heavy (non-hydrogen) atoms. The van der Waals surface area contributed by atoms with Crippen molar-refractivity contribution in [3.63, 3.8) is 0 Å². The Morgan fingerprint density at radius 2 is 2.22 bits per heavy atom.